The van der Waals surface area contributed by atoms with Crippen molar-refractivity contribution >= 4 is 23.1 Å². The van der Waals surface area contributed by atoms with Gasteiger partial charge in [-0.3, -0.25) is 4.79 Å². The Labute approximate surface area is 123 Å². The number of nitrogens with one attached hydrogen (secondary N) is 1. The molecule has 0 radical (unpaired) electrons. The maximum Gasteiger partial charge on any atom is 0.246 e. The maximum absolute atomic E-state index is 13.7. The minimum atomic E-state index is -0.452. The van der Waals surface area contributed by atoms with Gasteiger partial charge in [0.1, 0.15) is 17.4 Å². The van der Waals surface area contributed by atoms with Crippen molar-refractivity contribution in [3.8, 4) is 0 Å². The van der Waals surface area contributed by atoms with E-state index in [2.05, 4.69) is 5.32 Å². The van der Waals surface area contributed by atoms with E-state index in [-0.39, 0.29) is 29.6 Å². The second-order valence-corrected chi connectivity index (χ2v) is 5.79. The Morgan fingerprint density at radius 1 is 1.45 bits per heavy atom. The first-order chi connectivity index (χ1) is 9.19. The van der Waals surface area contributed by atoms with Crippen molar-refractivity contribution in [3.63, 3.8) is 0 Å². The molecule has 0 spiro atoms. The molecule has 3 N–H and O–H groups in total. The molecule has 1 amide bonds. The summed E-state index contributed by atoms with van der Waals surface area (Å²) >= 11 is 4.77. The number of ether oxygens (including phenoxy) is 1. The summed E-state index contributed by atoms with van der Waals surface area (Å²) in [5, 5.41) is 2.59. The van der Waals surface area contributed by atoms with Gasteiger partial charge in [0.15, 0.2) is 0 Å². The molecule has 0 heterocycles. The van der Waals surface area contributed by atoms with Crippen LogP contribution in [-0.2, 0) is 16.1 Å². The molecule has 4 nitrogen and oxygen atoms in total. The van der Waals surface area contributed by atoms with E-state index in [1.807, 2.05) is 20.8 Å². The van der Waals surface area contributed by atoms with Crippen molar-refractivity contribution in [2.45, 2.75) is 32.9 Å². The first-order valence-corrected chi connectivity index (χ1v) is 6.59. The third kappa shape index (κ3) is 5.63. The molecule has 0 unspecified atom stereocenters. The van der Waals surface area contributed by atoms with Gasteiger partial charge >= 0.3 is 0 Å². The number of carbonyl (C=O) groups excluding carboxylic acids is 1. The van der Waals surface area contributed by atoms with Crippen molar-refractivity contribution in [1.29, 1.82) is 0 Å². The largest absolute Gasteiger partial charge is 0.389 e. The third-order valence-corrected chi connectivity index (χ3v) is 2.69. The van der Waals surface area contributed by atoms with Crippen LogP contribution >= 0.6 is 12.2 Å². The highest BCUT2D eigenvalue weighted by molar-refractivity contribution is 7.80. The van der Waals surface area contributed by atoms with Gasteiger partial charge in [-0.15, -0.1) is 0 Å². The Morgan fingerprint density at radius 2 is 2.10 bits per heavy atom. The summed E-state index contributed by atoms with van der Waals surface area (Å²) in [6.45, 7) is 5.60. The SMILES string of the molecule is CC(C)(C)OCC(=O)NCc1ccc(C(N)=S)cc1F. The molecule has 0 fully saturated rings. The van der Waals surface area contributed by atoms with Crippen LogP contribution in [0.25, 0.3) is 0 Å². The highest BCUT2D eigenvalue weighted by Crippen LogP contribution is 2.10. The van der Waals surface area contributed by atoms with Gasteiger partial charge in [-0.05, 0) is 26.8 Å². The molecular formula is C14H19FN2O2S. The average Bonchev–Trinajstić information content (AvgIpc) is 2.33. The van der Waals surface area contributed by atoms with Crippen LogP contribution in [-0.4, -0.2) is 23.1 Å². The van der Waals surface area contributed by atoms with Crippen LogP contribution in [0.1, 0.15) is 31.9 Å². The molecule has 110 valence electrons. The van der Waals surface area contributed by atoms with Gasteiger partial charge < -0.3 is 15.8 Å². The molecule has 1 aromatic carbocycles. The van der Waals surface area contributed by atoms with E-state index >= 15 is 0 Å². The van der Waals surface area contributed by atoms with E-state index in [0.717, 1.165) is 0 Å². The molecule has 0 bridgehead atoms. The number of carbonyl (C=O) groups is 1. The summed E-state index contributed by atoms with van der Waals surface area (Å²) < 4.78 is 19.1. The Hall–Kier alpha value is -1.53. The predicted octanol–water partition coefficient (Wildman–Crippen LogP) is 1.89. The fourth-order valence-corrected chi connectivity index (χ4v) is 1.50. The zero-order chi connectivity index (χ0) is 15.3. The van der Waals surface area contributed by atoms with Crippen molar-refractivity contribution in [2.75, 3.05) is 6.61 Å². The number of nitrogens with two attached hydrogens (primary N) is 1. The maximum atomic E-state index is 13.7. The van der Waals surface area contributed by atoms with E-state index < -0.39 is 5.82 Å². The van der Waals surface area contributed by atoms with Crippen LogP contribution in [0.4, 0.5) is 4.39 Å². The number of hydrogen-bond acceptors (Lipinski definition) is 3. The number of rotatable bonds is 5. The monoisotopic (exact) mass is 298 g/mol. The number of benzene rings is 1. The lowest BCUT2D eigenvalue weighted by atomic mass is 10.1. The minimum Gasteiger partial charge on any atom is -0.389 e. The lowest BCUT2D eigenvalue weighted by molar-refractivity contribution is -0.130. The van der Waals surface area contributed by atoms with Crippen LogP contribution in [0.3, 0.4) is 0 Å². The van der Waals surface area contributed by atoms with Crippen LogP contribution in [0.15, 0.2) is 18.2 Å². The lowest BCUT2D eigenvalue weighted by Crippen LogP contribution is -2.32. The Balaban J connectivity index is 2.54. The lowest BCUT2D eigenvalue weighted by Gasteiger charge is -2.19. The molecule has 6 heteroatoms. The Morgan fingerprint density at radius 3 is 2.60 bits per heavy atom. The van der Waals surface area contributed by atoms with Crippen LogP contribution in [0.5, 0.6) is 0 Å². The molecule has 1 rings (SSSR count). The molecule has 0 aliphatic heterocycles. The highest BCUT2D eigenvalue weighted by atomic mass is 32.1. The summed E-state index contributed by atoms with van der Waals surface area (Å²) in [6.07, 6.45) is 0. The van der Waals surface area contributed by atoms with E-state index in [1.165, 1.54) is 6.07 Å². The second-order valence-electron chi connectivity index (χ2n) is 5.35. The molecule has 0 aromatic heterocycles. The predicted molar refractivity (Wildman–Crippen MR) is 79.8 cm³/mol. The standard InChI is InChI=1S/C14H19FN2O2S/c1-14(2,3)19-8-12(18)17-7-10-5-4-9(13(16)20)6-11(10)15/h4-6H,7-8H2,1-3H3,(H2,16,20)(H,17,18). The molecule has 0 atom stereocenters. The molecule has 0 saturated carbocycles. The Kier molecular flexibility index (Phi) is 5.59. The van der Waals surface area contributed by atoms with Gasteiger partial charge in [0.05, 0.1) is 5.60 Å². The van der Waals surface area contributed by atoms with E-state index in [4.69, 9.17) is 22.7 Å². The van der Waals surface area contributed by atoms with Crippen LogP contribution < -0.4 is 11.1 Å². The summed E-state index contributed by atoms with van der Waals surface area (Å²) in [4.78, 5) is 11.7. The van der Waals surface area contributed by atoms with Crippen LogP contribution in [0, 0.1) is 5.82 Å². The number of hydrogen-bond donors (Lipinski definition) is 2. The normalized spacial score (nSPS) is 11.2. The van der Waals surface area contributed by atoms with Crippen molar-refractivity contribution in [2.24, 2.45) is 5.73 Å². The summed E-state index contributed by atoms with van der Waals surface area (Å²) in [7, 11) is 0. The molecule has 0 aliphatic rings. The second kappa shape index (κ2) is 6.76. The summed E-state index contributed by atoms with van der Waals surface area (Å²) in [5.74, 6) is -0.745. The number of amides is 1. The smallest absolute Gasteiger partial charge is 0.246 e. The molecule has 0 saturated heterocycles. The average molecular weight is 298 g/mol. The topological polar surface area (TPSA) is 64.3 Å². The van der Waals surface area contributed by atoms with E-state index in [9.17, 15) is 9.18 Å². The first kappa shape index (κ1) is 16.5. The van der Waals surface area contributed by atoms with Crippen molar-refractivity contribution < 1.29 is 13.9 Å². The van der Waals surface area contributed by atoms with Gasteiger partial charge in [0.2, 0.25) is 5.91 Å². The zero-order valence-corrected chi connectivity index (χ0v) is 12.6. The summed E-state index contributed by atoms with van der Waals surface area (Å²) in [6, 6.07) is 4.43. The quantitative estimate of drug-likeness (QED) is 0.815. The molecule has 20 heavy (non-hydrogen) atoms. The molecule has 1 aromatic rings. The van der Waals surface area contributed by atoms with Gasteiger partial charge in [-0.1, -0.05) is 24.4 Å². The highest BCUT2D eigenvalue weighted by Gasteiger charge is 2.13. The zero-order valence-electron chi connectivity index (χ0n) is 11.8. The first-order valence-electron chi connectivity index (χ1n) is 6.18. The van der Waals surface area contributed by atoms with Gasteiger partial charge in [-0.2, -0.15) is 0 Å². The van der Waals surface area contributed by atoms with Crippen molar-refractivity contribution in [3.05, 3.63) is 35.1 Å². The molecular weight excluding hydrogens is 279 g/mol. The van der Waals surface area contributed by atoms with Crippen molar-refractivity contribution in [1.82, 2.24) is 5.32 Å². The van der Waals surface area contributed by atoms with Gasteiger partial charge in [-0.25, -0.2) is 4.39 Å². The van der Waals surface area contributed by atoms with E-state index in [1.54, 1.807) is 12.1 Å². The molecule has 0 aliphatic carbocycles. The fraction of sp³-hybridized carbons (Fsp3) is 0.429. The number of halogens is 1. The van der Waals surface area contributed by atoms with Gasteiger partial charge in [0, 0.05) is 17.7 Å². The Bertz CT molecular complexity index is 512. The number of thiocarbonyl (C=S) groups is 1. The summed E-state index contributed by atoms with van der Waals surface area (Å²) in [5.41, 5.74) is 5.86. The minimum absolute atomic E-state index is 0.0594. The third-order valence-electron chi connectivity index (χ3n) is 2.45. The fourth-order valence-electron chi connectivity index (χ4n) is 1.37. The van der Waals surface area contributed by atoms with Crippen LogP contribution in [0.2, 0.25) is 0 Å². The van der Waals surface area contributed by atoms with E-state index in [0.29, 0.717) is 11.1 Å². The van der Waals surface area contributed by atoms with Gasteiger partial charge in [0.25, 0.3) is 0 Å².